The van der Waals surface area contributed by atoms with Gasteiger partial charge >= 0.3 is 0 Å². The minimum Gasteiger partial charge on any atom is -0.314 e. The van der Waals surface area contributed by atoms with Crippen LogP contribution in [0.1, 0.15) is 12.8 Å². The average Bonchev–Trinajstić information content (AvgIpc) is 3.16. The van der Waals surface area contributed by atoms with E-state index in [2.05, 4.69) is 26.1 Å². The molecule has 1 aliphatic carbocycles. The summed E-state index contributed by atoms with van der Waals surface area (Å²) in [5.41, 5.74) is 0. The topological polar surface area (TPSA) is 15.3 Å². The van der Waals surface area contributed by atoms with Gasteiger partial charge in [0.2, 0.25) is 0 Å². The van der Waals surface area contributed by atoms with E-state index in [0.717, 1.165) is 10.5 Å². The molecule has 0 radical (unpaired) electrons. The molecule has 1 saturated carbocycles. The molecule has 0 spiro atoms. The van der Waals surface area contributed by atoms with Gasteiger partial charge in [-0.1, -0.05) is 34.1 Å². The number of rotatable bonds is 1. The normalized spacial score (nSPS) is 21.1. The highest BCUT2D eigenvalue weighted by Crippen LogP contribution is 2.26. The van der Waals surface area contributed by atoms with Gasteiger partial charge in [-0.15, -0.1) is 0 Å². The van der Waals surface area contributed by atoms with Crippen LogP contribution in [-0.2, 0) is 0 Å². The fourth-order valence-corrected chi connectivity index (χ4v) is 2.21. The molecular formula is C13H19BrN2. The lowest BCUT2D eigenvalue weighted by molar-refractivity contribution is 0.231. The Hall–Kier alpha value is -0.380. The van der Waals surface area contributed by atoms with Crippen LogP contribution in [0.2, 0.25) is 0 Å². The van der Waals surface area contributed by atoms with Crippen molar-refractivity contribution in [2.24, 2.45) is 0 Å². The molecule has 16 heavy (non-hydrogen) atoms. The van der Waals surface area contributed by atoms with E-state index in [-0.39, 0.29) is 0 Å². The van der Waals surface area contributed by atoms with Crippen molar-refractivity contribution in [2.75, 3.05) is 26.2 Å². The zero-order valence-electron chi connectivity index (χ0n) is 9.53. The lowest BCUT2D eigenvalue weighted by atomic mass is 10.3. The summed E-state index contributed by atoms with van der Waals surface area (Å²) in [4.78, 5) is 2.61. The summed E-state index contributed by atoms with van der Waals surface area (Å²) in [6.45, 7) is 4.97. The summed E-state index contributed by atoms with van der Waals surface area (Å²) in [7, 11) is 0. The Morgan fingerprint density at radius 1 is 1.06 bits per heavy atom. The number of hydrogen-bond donors (Lipinski definition) is 1. The van der Waals surface area contributed by atoms with Crippen LogP contribution < -0.4 is 5.32 Å². The summed E-state index contributed by atoms with van der Waals surface area (Å²) in [6.07, 6.45) is 2.92. The van der Waals surface area contributed by atoms with E-state index in [4.69, 9.17) is 0 Å². The van der Waals surface area contributed by atoms with Crippen molar-refractivity contribution in [1.82, 2.24) is 10.2 Å². The van der Waals surface area contributed by atoms with Crippen molar-refractivity contribution in [1.29, 1.82) is 0 Å². The molecule has 1 aromatic rings. The first-order valence-corrected chi connectivity index (χ1v) is 6.81. The molecule has 0 amide bonds. The van der Waals surface area contributed by atoms with Crippen LogP contribution in [0.15, 0.2) is 34.8 Å². The van der Waals surface area contributed by atoms with E-state index < -0.39 is 0 Å². The minimum absolute atomic E-state index is 0.979. The maximum atomic E-state index is 3.36. The highest BCUT2D eigenvalue weighted by atomic mass is 79.9. The Bertz CT molecular complexity index is 292. The third-order valence-electron chi connectivity index (χ3n) is 2.95. The standard InChI is InChI=1S/C7H14N2.C6H5Br/c1-2-7(1)9-5-3-8-4-6-9;7-6-4-2-1-3-5-6/h7-8H,1-6H2;1-5H. The van der Waals surface area contributed by atoms with Gasteiger partial charge in [0.25, 0.3) is 0 Å². The zero-order valence-corrected chi connectivity index (χ0v) is 11.1. The zero-order chi connectivity index (χ0) is 11.2. The van der Waals surface area contributed by atoms with Gasteiger partial charge in [-0.2, -0.15) is 0 Å². The SMILES string of the molecule is Brc1ccccc1.C1CN(C2CC2)CCN1. The first-order valence-electron chi connectivity index (χ1n) is 6.01. The van der Waals surface area contributed by atoms with E-state index in [1.54, 1.807) is 0 Å². The van der Waals surface area contributed by atoms with Crippen LogP contribution in [0.4, 0.5) is 0 Å². The molecule has 2 nitrogen and oxygen atoms in total. The summed E-state index contributed by atoms with van der Waals surface area (Å²) in [5.74, 6) is 0. The van der Waals surface area contributed by atoms with Crippen molar-refractivity contribution in [3.8, 4) is 0 Å². The molecule has 2 fully saturated rings. The van der Waals surface area contributed by atoms with Crippen molar-refractivity contribution in [2.45, 2.75) is 18.9 Å². The molecule has 1 aliphatic heterocycles. The smallest absolute Gasteiger partial charge is 0.0175 e. The van der Waals surface area contributed by atoms with Crippen molar-refractivity contribution >= 4 is 15.9 Å². The third-order valence-corrected chi connectivity index (χ3v) is 3.48. The summed E-state index contributed by atoms with van der Waals surface area (Å²) in [6, 6.07) is 10.9. The van der Waals surface area contributed by atoms with Gasteiger partial charge < -0.3 is 5.32 Å². The molecule has 88 valence electrons. The second-order valence-electron chi connectivity index (χ2n) is 4.31. The molecule has 3 rings (SSSR count). The molecule has 2 aliphatic rings. The Morgan fingerprint density at radius 2 is 1.69 bits per heavy atom. The summed E-state index contributed by atoms with van der Waals surface area (Å²) in [5, 5.41) is 3.36. The highest BCUT2D eigenvalue weighted by Gasteiger charge is 2.28. The minimum atomic E-state index is 0.979. The number of benzene rings is 1. The molecule has 1 N–H and O–H groups in total. The maximum absolute atomic E-state index is 3.36. The van der Waals surface area contributed by atoms with E-state index in [9.17, 15) is 0 Å². The highest BCUT2D eigenvalue weighted by molar-refractivity contribution is 9.10. The largest absolute Gasteiger partial charge is 0.314 e. The molecular weight excluding hydrogens is 264 g/mol. The van der Waals surface area contributed by atoms with Gasteiger partial charge in [0.1, 0.15) is 0 Å². The predicted molar refractivity (Wildman–Crippen MR) is 71.6 cm³/mol. The second kappa shape index (κ2) is 6.38. The molecule has 0 unspecified atom stereocenters. The van der Waals surface area contributed by atoms with Gasteiger partial charge in [-0.3, -0.25) is 4.90 Å². The lowest BCUT2D eigenvalue weighted by Crippen LogP contribution is -2.44. The first-order chi connectivity index (χ1) is 7.86. The van der Waals surface area contributed by atoms with Gasteiger partial charge in [0.05, 0.1) is 0 Å². The van der Waals surface area contributed by atoms with E-state index in [1.807, 2.05) is 30.3 Å². The first kappa shape index (κ1) is 12.1. The Labute approximate surface area is 106 Å². The molecule has 0 atom stereocenters. The molecule has 3 heteroatoms. The van der Waals surface area contributed by atoms with Crippen molar-refractivity contribution in [3.05, 3.63) is 34.8 Å². The number of piperazine rings is 1. The number of halogens is 1. The van der Waals surface area contributed by atoms with Crippen LogP contribution in [0.5, 0.6) is 0 Å². The van der Waals surface area contributed by atoms with Crippen LogP contribution in [0, 0.1) is 0 Å². The summed E-state index contributed by atoms with van der Waals surface area (Å²) < 4.78 is 1.13. The second-order valence-corrected chi connectivity index (χ2v) is 5.23. The van der Waals surface area contributed by atoms with Crippen molar-refractivity contribution in [3.63, 3.8) is 0 Å². The van der Waals surface area contributed by atoms with E-state index in [1.165, 1.54) is 39.0 Å². The fraction of sp³-hybridized carbons (Fsp3) is 0.538. The third kappa shape index (κ3) is 4.24. The lowest BCUT2D eigenvalue weighted by Gasteiger charge is -2.26. The quantitative estimate of drug-likeness (QED) is 0.852. The van der Waals surface area contributed by atoms with E-state index in [0.29, 0.717) is 0 Å². The predicted octanol–water partition coefficient (Wildman–Crippen LogP) is 2.50. The molecule has 0 bridgehead atoms. The molecule has 1 saturated heterocycles. The van der Waals surface area contributed by atoms with E-state index >= 15 is 0 Å². The van der Waals surface area contributed by atoms with Gasteiger partial charge in [0.15, 0.2) is 0 Å². The fourth-order valence-electron chi connectivity index (χ4n) is 1.90. The number of nitrogens with one attached hydrogen (secondary N) is 1. The Kier molecular flexibility index (Phi) is 4.82. The molecule has 1 aromatic carbocycles. The number of nitrogens with zero attached hydrogens (tertiary/aromatic N) is 1. The van der Waals surface area contributed by atoms with Gasteiger partial charge in [0, 0.05) is 36.7 Å². The molecule has 1 heterocycles. The van der Waals surface area contributed by atoms with Crippen LogP contribution in [0.25, 0.3) is 0 Å². The van der Waals surface area contributed by atoms with Gasteiger partial charge in [-0.05, 0) is 25.0 Å². The summed E-state index contributed by atoms with van der Waals surface area (Å²) >= 11 is 3.31. The Morgan fingerprint density at radius 3 is 2.12 bits per heavy atom. The number of hydrogen-bond acceptors (Lipinski definition) is 2. The molecule has 0 aromatic heterocycles. The van der Waals surface area contributed by atoms with Crippen LogP contribution >= 0.6 is 15.9 Å². The Balaban J connectivity index is 0.000000125. The maximum Gasteiger partial charge on any atom is 0.0175 e. The monoisotopic (exact) mass is 282 g/mol. The van der Waals surface area contributed by atoms with Gasteiger partial charge in [-0.25, -0.2) is 0 Å². The van der Waals surface area contributed by atoms with Crippen LogP contribution in [0.3, 0.4) is 0 Å². The average molecular weight is 283 g/mol. The van der Waals surface area contributed by atoms with Crippen LogP contribution in [-0.4, -0.2) is 37.1 Å². The van der Waals surface area contributed by atoms with Crippen molar-refractivity contribution < 1.29 is 0 Å².